The van der Waals surface area contributed by atoms with Crippen molar-refractivity contribution in [1.82, 2.24) is 9.55 Å². The Labute approximate surface area is 290 Å². The van der Waals surface area contributed by atoms with Crippen LogP contribution in [0.1, 0.15) is 5.82 Å². The predicted octanol–water partition coefficient (Wildman–Crippen LogP) is 10.6. The van der Waals surface area contributed by atoms with Crippen molar-refractivity contribution in [3.63, 3.8) is 0 Å². The SMILES string of the molecule is Cc1nc2cccc3c2n1-c1ccc(-c2cccc(-c4c5ccccc5c(-c5ccccc5)c5ccccc45)c2)cc1P3(=O)c1ccccc1. The zero-order chi connectivity index (χ0) is 33.4. The Hall–Kier alpha value is -6.02. The molecule has 4 heteroatoms. The number of benzene rings is 8. The molecule has 0 bridgehead atoms. The Balaban J connectivity index is 1.21. The van der Waals surface area contributed by atoms with Gasteiger partial charge in [0, 0.05) is 15.9 Å². The van der Waals surface area contributed by atoms with Gasteiger partial charge >= 0.3 is 0 Å². The highest BCUT2D eigenvalue weighted by Gasteiger charge is 2.39. The molecule has 0 radical (unpaired) electrons. The van der Waals surface area contributed by atoms with Crippen LogP contribution in [0.4, 0.5) is 0 Å². The number of aryl methyl sites for hydroxylation is 1. The van der Waals surface area contributed by atoms with Crippen LogP contribution in [0.15, 0.2) is 170 Å². The molecule has 0 spiro atoms. The van der Waals surface area contributed by atoms with Crippen molar-refractivity contribution in [1.29, 1.82) is 0 Å². The maximum atomic E-state index is 15.7. The second kappa shape index (κ2) is 11.0. The fraction of sp³-hybridized carbons (Fsp3) is 0.0217. The Bertz CT molecular complexity index is 2800. The molecule has 50 heavy (non-hydrogen) atoms. The highest BCUT2D eigenvalue weighted by Crippen LogP contribution is 2.50. The van der Waals surface area contributed by atoms with Crippen LogP contribution in [0.3, 0.4) is 0 Å². The summed E-state index contributed by atoms with van der Waals surface area (Å²) in [6, 6.07) is 59.5. The van der Waals surface area contributed by atoms with Crippen LogP contribution in [-0.2, 0) is 4.57 Å². The molecule has 0 saturated heterocycles. The molecular formula is C46H31N2OP. The Kier molecular flexibility index (Phi) is 6.37. The minimum Gasteiger partial charge on any atom is -0.308 e. The lowest BCUT2D eigenvalue weighted by molar-refractivity contribution is 0.592. The molecule has 1 atom stereocenters. The largest absolute Gasteiger partial charge is 0.308 e. The highest BCUT2D eigenvalue weighted by atomic mass is 31.2. The smallest absolute Gasteiger partial charge is 0.175 e. The van der Waals surface area contributed by atoms with Crippen molar-refractivity contribution in [2.75, 3.05) is 0 Å². The summed E-state index contributed by atoms with van der Waals surface area (Å²) in [5.74, 6) is 0.889. The number of imidazole rings is 1. The fourth-order valence-corrected chi connectivity index (χ4v) is 11.2. The second-order valence-corrected chi connectivity index (χ2v) is 15.8. The zero-order valence-corrected chi connectivity index (χ0v) is 28.3. The van der Waals surface area contributed by atoms with E-state index in [1.54, 1.807) is 0 Å². The maximum Gasteiger partial charge on any atom is 0.175 e. The molecule has 10 rings (SSSR count). The minimum absolute atomic E-state index is 0.834. The monoisotopic (exact) mass is 658 g/mol. The quantitative estimate of drug-likeness (QED) is 0.139. The first-order valence-electron chi connectivity index (χ1n) is 17.0. The molecule has 8 aromatic carbocycles. The lowest BCUT2D eigenvalue weighted by atomic mass is 9.85. The van der Waals surface area contributed by atoms with Gasteiger partial charge in [-0.25, -0.2) is 4.98 Å². The molecule has 2 heterocycles. The van der Waals surface area contributed by atoms with Gasteiger partial charge in [0.1, 0.15) is 5.82 Å². The van der Waals surface area contributed by atoms with E-state index in [0.717, 1.165) is 55.1 Å². The van der Waals surface area contributed by atoms with Crippen LogP contribution in [0.25, 0.3) is 71.6 Å². The third-order valence-corrected chi connectivity index (χ3v) is 13.4. The van der Waals surface area contributed by atoms with Crippen molar-refractivity contribution in [2.24, 2.45) is 0 Å². The summed E-state index contributed by atoms with van der Waals surface area (Å²) in [4.78, 5) is 4.89. The summed E-state index contributed by atoms with van der Waals surface area (Å²) in [7, 11) is -3.23. The molecule has 0 amide bonds. The van der Waals surface area contributed by atoms with Crippen LogP contribution in [-0.4, -0.2) is 9.55 Å². The maximum absolute atomic E-state index is 15.7. The van der Waals surface area contributed by atoms with Gasteiger partial charge < -0.3 is 4.57 Å². The van der Waals surface area contributed by atoms with Gasteiger partial charge in [0.05, 0.1) is 16.7 Å². The molecule has 9 aromatic rings. The van der Waals surface area contributed by atoms with E-state index in [1.165, 1.54) is 38.2 Å². The van der Waals surface area contributed by atoms with Gasteiger partial charge in [0.2, 0.25) is 0 Å². The molecule has 1 aliphatic rings. The Morgan fingerprint density at radius 2 is 1.02 bits per heavy atom. The summed E-state index contributed by atoms with van der Waals surface area (Å²) < 4.78 is 17.9. The lowest BCUT2D eigenvalue weighted by Crippen LogP contribution is -2.33. The number of rotatable bonds is 4. The highest BCUT2D eigenvalue weighted by molar-refractivity contribution is 7.86. The van der Waals surface area contributed by atoms with Crippen molar-refractivity contribution in [3.8, 4) is 39.1 Å². The predicted molar refractivity (Wildman–Crippen MR) is 210 cm³/mol. The molecule has 3 nitrogen and oxygen atoms in total. The number of hydrogen-bond donors (Lipinski definition) is 0. The summed E-state index contributed by atoms with van der Waals surface area (Å²) in [6.07, 6.45) is 0. The first-order valence-corrected chi connectivity index (χ1v) is 18.7. The molecule has 1 unspecified atom stereocenters. The van der Waals surface area contributed by atoms with Gasteiger partial charge in [-0.15, -0.1) is 0 Å². The molecule has 236 valence electrons. The average molecular weight is 659 g/mol. The third-order valence-electron chi connectivity index (χ3n) is 10.3. The fourth-order valence-electron chi connectivity index (χ4n) is 8.17. The van der Waals surface area contributed by atoms with E-state index < -0.39 is 7.14 Å². The van der Waals surface area contributed by atoms with Gasteiger partial charge in [-0.1, -0.05) is 140 Å². The van der Waals surface area contributed by atoms with E-state index in [0.29, 0.717) is 0 Å². The summed E-state index contributed by atoms with van der Waals surface area (Å²) in [6.45, 7) is 2.03. The summed E-state index contributed by atoms with van der Waals surface area (Å²) >= 11 is 0. The number of aromatic nitrogens is 2. The number of hydrogen-bond acceptors (Lipinski definition) is 2. The topological polar surface area (TPSA) is 34.9 Å². The van der Waals surface area contributed by atoms with E-state index in [9.17, 15) is 0 Å². The van der Waals surface area contributed by atoms with E-state index in [4.69, 9.17) is 4.98 Å². The first kappa shape index (κ1) is 28.9. The molecule has 0 N–H and O–H groups in total. The Morgan fingerprint density at radius 3 is 1.70 bits per heavy atom. The molecular weight excluding hydrogens is 627 g/mol. The second-order valence-electron chi connectivity index (χ2n) is 13.1. The van der Waals surface area contributed by atoms with Gasteiger partial charge in [0.15, 0.2) is 7.14 Å². The summed E-state index contributed by atoms with van der Waals surface area (Å²) in [5, 5.41) is 7.43. The molecule has 1 aliphatic heterocycles. The number of fused-ring (bicyclic) bond motifs is 4. The van der Waals surface area contributed by atoms with E-state index in [2.05, 4.69) is 126 Å². The average Bonchev–Trinajstić information content (AvgIpc) is 3.52. The standard InChI is InChI=1S/C46H31N2OP/c1-30-47-40-24-13-25-42-46(40)48(30)41-27-26-33(29-43(41)50(42,49)35-18-6-3-7-19-35)32-16-12-17-34(28-32)45-38-22-10-8-20-36(38)44(31-14-4-2-5-15-31)37-21-9-11-23-39(37)45/h2-29H,1H3. The van der Waals surface area contributed by atoms with Crippen LogP contribution in [0.5, 0.6) is 0 Å². The van der Waals surface area contributed by atoms with Gasteiger partial charge in [-0.3, -0.25) is 4.57 Å². The number of nitrogens with zero attached hydrogens (tertiary/aromatic N) is 2. The van der Waals surface area contributed by atoms with Crippen molar-refractivity contribution >= 4 is 55.6 Å². The molecule has 0 aliphatic carbocycles. The van der Waals surface area contributed by atoms with Crippen LogP contribution in [0, 0.1) is 6.92 Å². The number of para-hydroxylation sites is 1. The Morgan fingerprint density at radius 1 is 0.480 bits per heavy atom. The minimum atomic E-state index is -3.23. The van der Waals surface area contributed by atoms with Gasteiger partial charge in [-0.2, -0.15) is 0 Å². The van der Waals surface area contributed by atoms with Crippen molar-refractivity contribution in [2.45, 2.75) is 6.92 Å². The van der Waals surface area contributed by atoms with Crippen molar-refractivity contribution < 1.29 is 4.57 Å². The van der Waals surface area contributed by atoms with Crippen LogP contribution in [0.2, 0.25) is 0 Å². The van der Waals surface area contributed by atoms with Gasteiger partial charge in [0.25, 0.3) is 0 Å². The van der Waals surface area contributed by atoms with E-state index in [-0.39, 0.29) is 0 Å². The van der Waals surface area contributed by atoms with Crippen molar-refractivity contribution in [3.05, 3.63) is 176 Å². The summed E-state index contributed by atoms with van der Waals surface area (Å²) in [5.41, 5.74) is 9.70. The molecule has 1 aromatic heterocycles. The van der Waals surface area contributed by atoms with Crippen LogP contribution < -0.4 is 15.9 Å². The van der Waals surface area contributed by atoms with E-state index >= 15 is 4.57 Å². The zero-order valence-electron chi connectivity index (χ0n) is 27.4. The van der Waals surface area contributed by atoms with E-state index in [1.807, 2.05) is 55.5 Å². The molecule has 0 saturated carbocycles. The molecule has 0 fully saturated rings. The van der Waals surface area contributed by atoms with Crippen LogP contribution >= 0.6 is 7.14 Å². The lowest BCUT2D eigenvalue weighted by Gasteiger charge is -2.29. The first-order chi connectivity index (χ1) is 24.6. The normalized spacial score (nSPS) is 15.1. The van der Waals surface area contributed by atoms with Gasteiger partial charge in [-0.05, 0) is 92.2 Å². The third kappa shape index (κ3) is 4.11.